The SMILES string of the molecule is Cc1oc(C(=O)NN)cc1CSc1ccccc1[N+](=O)[O-]. The van der Waals surface area contributed by atoms with Crippen molar-refractivity contribution in [1.82, 2.24) is 5.43 Å². The highest BCUT2D eigenvalue weighted by molar-refractivity contribution is 7.98. The molecule has 110 valence electrons. The molecule has 0 saturated carbocycles. The van der Waals surface area contributed by atoms with Crippen LogP contribution in [0.2, 0.25) is 0 Å². The summed E-state index contributed by atoms with van der Waals surface area (Å²) in [6.45, 7) is 1.72. The molecule has 1 heterocycles. The van der Waals surface area contributed by atoms with E-state index in [9.17, 15) is 14.9 Å². The second-order valence-electron chi connectivity index (χ2n) is 4.18. The van der Waals surface area contributed by atoms with E-state index in [0.29, 0.717) is 16.4 Å². The van der Waals surface area contributed by atoms with E-state index in [1.54, 1.807) is 31.2 Å². The highest BCUT2D eigenvalue weighted by Crippen LogP contribution is 2.32. The first-order valence-corrected chi connectivity index (χ1v) is 6.98. The fourth-order valence-electron chi connectivity index (χ4n) is 1.73. The van der Waals surface area contributed by atoms with E-state index < -0.39 is 10.8 Å². The van der Waals surface area contributed by atoms with Crippen LogP contribution in [0.15, 0.2) is 39.6 Å². The van der Waals surface area contributed by atoms with Gasteiger partial charge >= 0.3 is 5.91 Å². The topological polar surface area (TPSA) is 111 Å². The van der Waals surface area contributed by atoms with Crippen molar-refractivity contribution in [2.24, 2.45) is 5.84 Å². The Kier molecular flexibility index (Phi) is 4.61. The Balaban J connectivity index is 2.15. The average molecular weight is 307 g/mol. The summed E-state index contributed by atoms with van der Waals surface area (Å²) in [4.78, 5) is 22.5. The maximum Gasteiger partial charge on any atom is 0.300 e. The van der Waals surface area contributed by atoms with Crippen LogP contribution in [0, 0.1) is 17.0 Å². The molecular weight excluding hydrogens is 294 g/mol. The van der Waals surface area contributed by atoms with E-state index in [-0.39, 0.29) is 11.4 Å². The number of nitrogens with one attached hydrogen (secondary N) is 1. The number of thioether (sulfide) groups is 1. The van der Waals surface area contributed by atoms with Crippen LogP contribution in [-0.2, 0) is 5.75 Å². The van der Waals surface area contributed by atoms with Gasteiger partial charge in [0.25, 0.3) is 5.69 Å². The Morgan fingerprint density at radius 3 is 2.86 bits per heavy atom. The molecule has 8 heteroatoms. The van der Waals surface area contributed by atoms with Crippen molar-refractivity contribution in [3.05, 3.63) is 57.5 Å². The first-order chi connectivity index (χ1) is 10.0. The van der Waals surface area contributed by atoms with Crippen molar-refractivity contribution < 1.29 is 14.1 Å². The number of hydrogen-bond acceptors (Lipinski definition) is 6. The summed E-state index contributed by atoms with van der Waals surface area (Å²) in [6.07, 6.45) is 0. The molecule has 2 rings (SSSR count). The molecule has 7 nitrogen and oxygen atoms in total. The van der Waals surface area contributed by atoms with E-state index in [1.807, 2.05) is 5.43 Å². The molecule has 0 aliphatic heterocycles. The number of nitro benzene ring substituents is 1. The number of carbonyl (C=O) groups is 1. The normalized spacial score (nSPS) is 10.4. The molecule has 0 aliphatic carbocycles. The molecular formula is C13H13N3O4S. The molecule has 0 fully saturated rings. The Morgan fingerprint density at radius 2 is 2.19 bits per heavy atom. The minimum atomic E-state index is -0.514. The molecule has 21 heavy (non-hydrogen) atoms. The quantitative estimate of drug-likeness (QED) is 0.288. The van der Waals surface area contributed by atoms with Gasteiger partial charge in [0.1, 0.15) is 5.76 Å². The number of aryl methyl sites for hydroxylation is 1. The lowest BCUT2D eigenvalue weighted by Gasteiger charge is -2.01. The van der Waals surface area contributed by atoms with Gasteiger partial charge in [0.15, 0.2) is 5.76 Å². The number of nitro groups is 1. The minimum absolute atomic E-state index is 0.0589. The fraction of sp³-hybridized carbons (Fsp3) is 0.154. The molecule has 0 unspecified atom stereocenters. The van der Waals surface area contributed by atoms with Gasteiger partial charge in [0.05, 0.1) is 9.82 Å². The smallest absolute Gasteiger partial charge is 0.300 e. The monoisotopic (exact) mass is 307 g/mol. The average Bonchev–Trinajstić information content (AvgIpc) is 2.85. The molecule has 1 amide bonds. The third-order valence-corrected chi connectivity index (χ3v) is 3.93. The van der Waals surface area contributed by atoms with Crippen molar-refractivity contribution in [2.75, 3.05) is 0 Å². The van der Waals surface area contributed by atoms with Gasteiger partial charge < -0.3 is 4.42 Å². The van der Waals surface area contributed by atoms with Gasteiger partial charge in [-0.25, -0.2) is 5.84 Å². The van der Waals surface area contributed by atoms with Crippen molar-refractivity contribution in [1.29, 1.82) is 0 Å². The molecule has 3 N–H and O–H groups in total. The molecule has 0 bridgehead atoms. The second-order valence-corrected chi connectivity index (χ2v) is 5.20. The number of nitrogens with two attached hydrogens (primary N) is 1. The van der Waals surface area contributed by atoms with E-state index >= 15 is 0 Å². The zero-order valence-electron chi connectivity index (χ0n) is 11.2. The molecule has 0 radical (unpaired) electrons. The van der Waals surface area contributed by atoms with Crippen LogP contribution in [0.1, 0.15) is 21.9 Å². The number of furan rings is 1. The fourth-order valence-corrected chi connectivity index (χ4v) is 2.79. The van der Waals surface area contributed by atoms with Crippen LogP contribution in [0.4, 0.5) is 5.69 Å². The maximum atomic E-state index is 11.4. The molecule has 0 atom stereocenters. The minimum Gasteiger partial charge on any atom is -0.456 e. The lowest BCUT2D eigenvalue weighted by molar-refractivity contribution is -0.387. The van der Waals surface area contributed by atoms with Crippen LogP contribution < -0.4 is 11.3 Å². The number of hydrazine groups is 1. The van der Waals surface area contributed by atoms with Crippen molar-refractivity contribution in [2.45, 2.75) is 17.6 Å². The highest BCUT2D eigenvalue weighted by atomic mass is 32.2. The third-order valence-electron chi connectivity index (χ3n) is 2.82. The van der Waals surface area contributed by atoms with E-state index in [0.717, 1.165) is 5.56 Å². The Bertz CT molecular complexity index is 684. The van der Waals surface area contributed by atoms with Gasteiger partial charge in [-0.05, 0) is 19.1 Å². The van der Waals surface area contributed by atoms with Gasteiger partial charge in [0.2, 0.25) is 0 Å². The number of benzene rings is 1. The molecule has 1 aromatic carbocycles. The highest BCUT2D eigenvalue weighted by Gasteiger charge is 2.16. The number of carbonyl (C=O) groups excluding carboxylic acids is 1. The van der Waals surface area contributed by atoms with Crippen molar-refractivity contribution >= 4 is 23.4 Å². The van der Waals surface area contributed by atoms with Crippen LogP contribution in [0.5, 0.6) is 0 Å². The molecule has 0 spiro atoms. The first-order valence-electron chi connectivity index (χ1n) is 5.99. The van der Waals surface area contributed by atoms with Gasteiger partial charge in [-0.3, -0.25) is 20.3 Å². The zero-order chi connectivity index (χ0) is 15.4. The predicted molar refractivity (Wildman–Crippen MR) is 77.8 cm³/mol. The van der Waals surface area contributed by atoms with E-state index in [4.69, 9.17) is 10.3 Å². The Morgan fingerprint density at radius 1 is 1.48 bits per heavy atom. The number of amides is 1. The Labute approximate surface area is 124 Å². The summed E-state index contributed by atoms with van der Waals surface area (Å²) in [5.74, 6) is 5.69. The summed E-state index contributed by atoms with van der Waals surface area (Å²) in [5.41, 5.74) is 2.84. The van der Waals surface area contributed by atoms with Crippen LogP contribution >= 0.6 is 11.8 Å². The molecule has 1 aromatic heterocycles. The van der Waals surface area contributed by atoms with Gasteiger partial charge in [-0.2, -0.15) is 0 Å². The zero-order valence-corrected chi connectivity index (χ0v) is 12.0. The number of rotatable bonds is 5. The summed E-state index contributed by atoms with van der Waals surface area (Å²) in [7, 11) is 0. The van der Waals surface area contributed by atoms with Gasteiger partial charge in [-0.1, -0.05) is 12.1 Å². The Hall–Kier alpha value is -2.32. The van der Waals surface area contributed by atoms with Crippen LogP contribution in [-0.4, -0.2) is 10.8 Å². The largest absolute Gasteiger partial charge is 0.456 e. The first kappa shape index (κ1) is 15.1. The predicted octanol–water partition coefficient (Wildman–Crippen LogP) is 2.39. The van der Waals surface area contributed by atoms with E-state index in [1.165, 1.54) is 17.8 Å². The van der Waals surface area contributed by atoms with E-state index in [2.05, 4.69) is 0 Å². The molecule has 0 saturated heterocycles. The molecule has 0 aliphatic rings. The summed E-state index contributed by atoms with van der Waals surface area (Å²) in [5, 5.41) is 10.9. The second kappa shape index (κ2) is 6.42. The van der Waals surface area contributed by atoms with Crippen LogP contribution in [0.25, 0.3) is 0 Å². The summed E-state index contributed by atoms with van der Waals surface area (Å²) >= 11 is 1.31. The summed E-state index contributed by atoms with van der Waals surface area (Å²) in [6, 6.07) is 8.09. The standard InChI is InChI=1S/C13H13N3O4S/c1-8-9(6-11(20-8)13(17)15-14)7-21-12-5-3-2-4-10(12)16(18)19/h2-6H,7,14H2,1H3,(H,15,17). The lowest BCUT2D eigenvalue weighted by atomic mass is 10.3. The van der Waals surface area contributed by atoms with Crippen molar-refractivity contribution in [3.63, 3.8) is 0 Å². The number of para-hydroxylation sites is 1. The lowest BCUT2D eigenvalue weighted by Crippen LogP contribution is -2.29. The van der Waals surface area contributed by atoms with Gasteiger partial charge in [0, 0.05) is 17.4 Å². The number of nitrogens with zero attached hydrogens (tertiary/aromatic N) is 1. The van der Waals surface area contributed by atoms with Gasteiger partial charge in [-0.15, -0.1) is 11.8 Å². The number of nitrogen functional groups attached to an aromatic ring is 1. The number of hydrogen-bond donors (Lipinski definition) is 2. The third kappa shape index (κ3) is 3.41. The van der Waals surface area contributed by atoms with Crippen molar-refractivity contribution in [3.8, 4) is 0 Å². The maximum absolute atomic E-state index is 11.4. The van der Waals surface area contributed by atoms with Crippen LogP contribution in [0.3, 0.4) is 0 Å². The summed E-state index contributed by atoms with van der Waals surface area (Å²) < 4.78 is 5.29. The molecule has 2 aromatic rings.